The van der Waals surface area contributed by atoms with E-state index in [0.717, 1.165) is 66.8 Å². The Labute approximate surface area is 153 Å². The van der Waals surface area contributed by atoms with E-state index in [1.807, 2.05) is 6.07 Å². The van der Waals surface area contributed by atoms with Crippen LogP contribution >= 0.6 is 0 Å². The molecule has 5 nitrogen and oxygen atoms in total. The number of ether oxygens (including phenoxy) is 1. The van der Waals surface area contributed by atoms with E-state index < -0.39 is 0 Å². The lowest BCUT2D eigenvalue weighted by Gasteiger charge is -2.21. The van der Waals surface area contributed by atoms with Crippen molar-refractivity contribution in [2.24, 2.45) is 0 Å². The first-order valence-corrected chi connectivity index (χ1v) is 9.24. The molecule has 5 heteroatoms. The summed E-state index contributed by atoms with van der Waals surface area (Å²) in [6, 6.07) is 12.6. The van der Waals surface area contributed by atoms with Crippen molar-refractivity contribution in [2.45, 2.75) is 31.9 Å². The van der Waals surface area contributed by atoms with E-state index in [1.165, 1.54) is 5.56 Å². The van der Waals surface area contributed by atoms with Gasteiger partial charge in [-0.2, -0.15) is 0 Å². The van der Waals surface area contributed by atoms with Crippen molar-refractivity contribution in [2.75, 3.05) is 20.2 Å². The molecule has 2 heterocycles. The van der Waals surface area contributed by atoms with Gasteiger partial charge in [-0.3, -0.25) is 4.90 Å². The van der Waals surface area contributed by atoms with Crippen LogP contribution in [0.15, 0.2) is 42.7 Å². The van der Waals surface area contributed by atoms with Crippen molar-refractivity contribution in [1.29, 1.82) is 0 Å². The van der Waals surface area contributed by atoms with Crippen molar-refractivity contribution in [1.82, 2.24) is 14.9 Å². The number of fused-ring (bicyclic) bond motifs is 1. The molecule has 1 unspecified atom stereocenters. The predicted molar refractivity (Wildman–Crippen MR) is 103 cm³/mol. The molecule has 2 N–H and O–H groups in total. The lowest BCUT2D eigenvalue weighted by atomic mass is 10.0. The normalized spacial score (nSPS) is 18.8. The number of hydrogen-bond acceptors (Lipinski definition) is 4. The van der Waals surface area contributed by atoms with Crippen LogP contribution in [0.5, 0.6) is 5.75 Å². The smallest absolute Gasteiger partial charge is 0.126 e. The Kier molecular flexibility index (Phi) is 4.91. The van der Waals surface area contributed by atoms with Crippen LogP contribution in [0.25, 0.3) is 22.2 Å². The van der Waals surface area contributed by atoms with E-state index >= 15 is 0 Å². The van der Waals surface area contributed by atoms with Gasteiger partial charge >= 0.3 is 0 Å². The van der Waals surface area contributed by atoms with E-state index in [2.05, 4.69) is 45.2 Å². The second-order valence-corrected chi connectivity index (χ2v) is 7.03. The van der Waals surface area contributed by atoms with Crippen molar-refractivity contribution >= 4 is 11.0 Å². The second kappa shape index (κ2) is 7.48. The third kappa shape index (κ3) is 3.59. The number of H-pyrrole nitrogens is 1. The zero-order chi connectivity index (χ0) is 17.9. The number of likely N-dealkylation sites (tertiary alicyclic amines) is 1. The summed E-state index contributed by atoms with van der Waals surface area (Å²) >= 11 is 0. The molecule has 1 aliphatic heterocycles. The molecule has 0 radical (unpaired) electrons. The zero-order valence-electron chi connectivity index (χ0n) is 15.1. The molecule has 3 aromatic rings. The van der Waals surface area contributed by atoms with Crippen LogP contribution < -0.4 is 4.74 Å². The van der Waals surface area contributed by atoms with Gasteiger partial charge in [0.05, 0.1) is 30.6 Å². The molecule has 2 aromatic carbocycles. The minimum absolute atomic E-state index is 0.146. The number of aromatic amines is 1. The van der Waals surface area contributed by atoms with Crippen LogP contribution in [0.3, 0.4) is 0 Å². The Morgan fingerprint density at radius 3 is 3.00 bits per heavy atom. The molecule has 4 rings (SSSR count). The Morgan fingerprint density at radius 2 is 2.12 bits per heavy atom. The molecule has 136 valence electrons. The average molecular weight is 351 g/mol. The van der Waals surface area contributed by atoms with Crippen LogP contribution in [0.1, 0.15) is 24.8 Å². The van der Waals surface area contributed by atoms with Gasteiger partial charge in [0.1, 0.15) is 5.75 Å². The van der Waals surface area contributed by atoms with E-state index in [-0.39, 0.29) is 6.10 Å². The van der Waals surface area contributed by atoms with Gasteiger partial charge in [-0.05, 0) is 61.2 Å². The van der Waals surface area contributed by atoms with Crippen LogP contribution in [-0.2, 0) is 6.54 Å². The van der Waals surface area contributed by atoms with Crippen molar-refractivity contribution in [3.8, 4) is 16.9 Å². The maximum atomic E-state index is 9.85. The molecule has 0 saturated carbocycles. The van der Waals surface area contributed by atoms with Crippen molar-refractivity contribution < 1.29 is 9.84 Å². The third-order valence-electron chi connectivity index (χ3n) is 5.19. The van der Waals surface area contributed by atoms with Gasteiger partial charge in [0, 0.05) is 18.7 Å². The van der Waals surface area contributed by atoms with Crippen LogP contribution in [0.2, 0.25) is 0 Å². The highest BCUT2D eigenvalue weighted by molar-refractivity contribution is 5.83. The Bertz CT molecular complexity index is 890. The maximum Gasteiger partial charge on any atom is 0.126 e. The summed E-state index contributed by atoms with van der Waals surface area (Å²) in [5, 5.41) is 9.85. The molecule has 26 heavy (non-hydrogen) atoms. The number of nitrogens with zero attached hydrogens (tertiary/aromatic N) is 2. The Hall–Kier alpha value is -2.37. The largest absolute Gasteiger partial charge is 0.496 e. The van der Waals surface area contributed by atoms with Gasteiger partial charge in [-0.15, -0.1) is 0 Å². The molecule has 0 spiro atoms. The van der Waals surface area contributed by atoms with Gasteiger partial charge in [0.2, 0.25) is 0 Å². The highest BCUT2D eigenvalue weighted by atomic mass is 16.5. The Morgan fingerprint density at radius 1 is 1.19 bits per heavy atom. The summed E-state index contributed by atoms with van der Waals surface area (Å²) in [5.74, 6) is 0.874. The number of hydrogen-bond donors (Lipinski definition) is 2. The first-order chi connectivity index (χ1) is 12.7. The molecule has 1 aliphatic rings. The summed E-state index contributed by atoms with van der Waals surface area (Å²) in [6.45, 7) is 2.89. The lowest BCUT2D eigenvalue weighted by molar-refractivity contribution is 0.154. The van der Waals surface area contributed by atoms with Crippen LogP contribution in [-0.4, -0.2) is 46.3 Å². The topological polar surface area (TPSA) is 61.4 Å². The minimum Gasteiger partial charge on any atom is -0.496 e. The fraction of sp³-hybridized carbons (Fsp3) is 0.381. The fourth-order valence-electron chi connectivity index (χ4n) is 3.74. The monoisotopic (exact) mass is 351 g/mol. The van der Waals surface area contributed by atoms with Gasteiger partial charge in [-0.1, -0.05) is 12.1 Å². The summed E-state index contributed by atoms with van der Waals surface area (Å²) < 4.78 is 5.60. The molecule has 0 aliphatic carbocycles. The summed E-state index contributed by atoms with van der Waals surface area (Å²) in [5.41, 5.74) is 5.47. The molecule has 1 aromatic heterocycles. The first kappa shape index (κ1) is 17.1. The molecule has 0 amide bonds. The van der Waals surface area contributed by atoms with Crippen molar-refractivity contribution in [3.63, 3.8) is 0 Å². The van der Waals surface area contributed by atoms with Gasteiger partial charge in [-0.25, -0.2) is 4.98 Å². The van der Waals surface area contributed by atoms with E-state index in [9.17, 15) is 5.11 Å². The molecule has 1 saturated heterocycles. The second-order valence-electron chi connectivity index (χ2n) is 7.03. The number of imidazole rings is 1. The number of nitrogens with one attached hydrogen (secondary N) is 1. The van der Waals surface area contributed by atoms with Crippen molar-refractivity contribution in [3.05, 3.63) is 48.3 Å². The predicted octanol–water partition coefficient (Wildman–Crippen LogP) is 3.59. The summed E-state index contributed by atoms with van der Waals surface area (Å²) in [6.07, 6.45) is 4.40. The minimum atomic E-state index is -0.146. The summed E-state index contributed by atoms with van der Waals surface area (Å²) in [4.78, 5) is 9.90. The van der Waals surface area contributed by atoms with Gasteiger partial charge < -0.3 is 14.8 Å². The number of aliphatic hydroxyl groups is 1. The van der Waals surface area contributed by atoms with Gasteiger partial charge in [0.15, 0.2) is 0 Å². The van der Waals surface area contributed by atoms with E-state index in [4.69, 9.17) is 4.74 Å². The molecule has 1 atom stereocenters. The lowest BCUT2D eigenvalue weighted by Crippen LogP contribution is -2.24. The van der Waals surface area contributed by atoms with E-state index in [1.54, 1.807) is 13.4 Å². The fourth-order valence-corrected chi connectivity index (χ4v) is 3.74. The van der Waals surface area contributed by atoms with Crippen LogP contribution in [0, 0.1) is 0 Å². The average Bonchev–Trinajstić information content (AvgIpc) is 3.04. The van der Waals surface area contributed by atoms with Gasteiger partial charge in [0.25, 0.3) is 0 Å². The van der Waals surface area contributed by atoms with Crippen LogP contribution in [0.4, 0.5) is 0 Å². The van der Waals surface area contributed by atoms with E-state index in [0.29, 0.717) is 0 Å². The third-order valence-corrected chi connectivity index (χ3v) is 5.19. The standard InChI is InChI=1S/C21H25N3O2/c1-26-21-7-4-15(13-24-9-2-3-17(25)8-10-24)11-18(21)16-5-6-19-20(12-16)23-14-22-19/h4-7,11-12,14,17,25H,2-3,8-10,13H2,1H3,(H,22,23). The molecular formula is C21H25N3O2. The number of aromatic nitrogens is 2. The number of benzene rings is 2. The molecule has 1 fully saturated rings. The Balaban J connectivity index is 1.62. The highest BCUT2D eigenvalue weighted by Gasteiger charge is 2.16. The highest BCUT2D eigenvalue weighted by Crippen LogP contribution is 2.32. The molecular weight excluding hydrogens is 326 g/mol. The molecule has 0 bridgehead atoms. The summed E-state index contributed by atoms with van der Waals surface area (Å²) in [7, 11) is 1.71. The number of aliphatic hydroxyl groups excluding tert-OH is 1. The number of methoxy groups -OCH3 is 1. The quantitative estimate of drug-likeness (QED) is 0.754. The number of rotatable bonds is 4. The SMILES string of the molecule is COc1ccc(CN2CCCC(O)CC2)cc1-c1ccc2nc[nH]c2c1. The first-order valence-electron chi connectivity index (χ1n) is 9.24. The zero-order valence-corrected chi connectivity index (χ0v) is 15.1. The maximum absolute atomic E-state index is 9.85.